The summed E-state index contributed by atoms with van der Waals surface area (Å²) >= 11 is 0. The first-order chi connectivity index (χ1) is 22.5. The summed E-state index contributed by atoms with van der Waals surface area (Å²) in [5.74, 6) is 1.15. The number of hydrogen-bond acceptors (Lipinski definition) is 9. The van der Waals surface area contributed by atoms with Gasteiger partial charge in [-0.3, -0.25) is 9.69 Å². The zero-order chi connectivity index (χ0) is 34.2. The molecule has 3 saturated heterocycles. The van der Waals surface area contributed by atoms with Crippen LogP contribution in [0.25, 0.3) is 0 Å². The van der Waals surface area contributed by atoms with Crippen LogP contribution in [0.1, 0.15) is 107 Å². The molecule has 0 aromatic rings. The topological polar surface area (TPSA) is 110 Å². The number of nitrogens with one attached hydrogen (secondary N) is 1. The number of rotatable bonds is 6. The molecule has 0 amide bonds. The Morgan fingerprint density at radius 3 is 2.42 bits per heavy atom. The molecule has 14 atom stereocenters. The van der Waals surface area contributed by atoms with E-state index in [4.69, 9.17) is 18.9 Å². The average molecular weight is 673 g/mol. The van der Waals surface area contributed by atoms with E-state index in [0.29, 0.717) is 29.7 Å². The lowest BCUT2D eigenvalue weighted by molar-refractivity contribution is -0.251. The van der Waals surface area contributed by atoms with Gasteiger partial charge in [-0.1, -0.05) is 34.6 Å². The van der Waals surface area contributed by atoms with Gasteiger partial charge in [0.2, 0.25) is 0 Å². The maximum absolute atomic E-state index is 12.6. The van der Waals surface area contributed by atoms with Crippen LogP contribution in [0.3, 0.4) is 0 Å². The maximum atomic E-state index is 12.6. The number of esters is 1. The van der Waals surface area contributed by atoms with Gasteiger partial charge < -0.3 is 34.5 Å². The van der Waals surface area contributed by atoms with Gasteiger partial charge in [-0.15, -0.1) is 0 Å². The average Bonchev–Trinajstić information content (AvgIpc) is 3.61. The van der Waals surface area contributed by atoms with Crippen LogP contribution in [0.2, 0.25) is 0 Å². The zero-order valence-corrected chi connectivity index (χ0v) is 30.9. The summed E-state index contributed by atoms with van der Waals surface area (Å²) in [5.41, 5.74) is -0.903. The van der Waals surface area contributed by atoms with E-state index in [-0.39, 0.29) is 52.0 Å². The van der Waals surface area contributed by atoms with Gasteiger partial charge in [0.05, 0.1) is 36.6 Å². The normalized spacial score (nSPS) is 52.1. The molecule has 5 saturated carbocycles. The minimum absolute atomic E-state index is 0.0460. The number of carbonyl (C=O) groups excluding carboxylic acids is 1. The van der Waals surface area contributed by atoms with Crippen molar-refractivity contribution in [1.82, 2.24) is 10.2 Å². The highest BCUT2D eigenvalue weighted by molar-refractivity contribution is 5.66. The molecule has 3 aliphatic heterocycles. The Balaban J connectivity index is 1.03. The second-order valence-electron chi connectivity index (χ2n) is 19.5. The van der Waals surface area contributed by atoms with E-state index < -0.39 is 29.9 Å². The first kappa shape index (κ1) is 34.3. The summed E-state index contributed by atoms with van der Waals surface area (Å²) < 4.78 is 25.7. The number of carbonyl (C=O) groups is 1. The van der Waals surface area contributed by atoms with Crippen LogP contribution in [0, 0.1) is 50.7 Å². The standard InChI is InChI=1S/C39H64N2O7/c1-22-17-25(33(35(5,6)44)46-23(2)42)47-31-30(22)36(7)13-14-39-21-38(39)12-11-28(48-29-20-41(15-16-45-29)24-18-40-19-24)34(3,4)26(38)9-10-27(39)37(36,8)32(31)43/h22,24-33,40,43-44H,9-21H2,1-8H3/t22-,25?,26+,27?,28?,29?,30?,31?,32+,33?,36?,37-,38?,39?/m1/s1. The molecule has 0 aromatic heterocycles. The van der Waals surface area contributed by atoms with E-state index in [1.54, 1.807) is 13.8 Å². The first-order valence-electron chi connectivity index (χ1n) is 19.4. The van der Waals surface area contributed by atoms with Gasteiger partial charge in [-0.05, 0) is 111 Å². The molecule has 8 aliphatic rings. The van der Waals surface area contributed by atoms with Crippen molar-refractivity contribution in [2.75, 3.05) is 32.8 Å². The predicted octanol–water partition coefficient (Wildman–Crippen LogP) is 4.52. The van der Waals surface area contributed by atoms with E-state index in [1.165, 1.54) is 32.6 Å². The summed E-state index contributed by atoms with van der Waals surface area (Å²) in [4.78, 5) is 14.7. The molecular weight excluding hydrogens is 608 g/mol. The number of ether oxygens (including phenoxy) is 4. The van der Waals surface area contributed by atoms with E-state index in [9.17, 15) is 15.0 Å². The van der Waals surface area contributed by atoms with Crippen molar-refractivity contribution in [2.45, 2.75) is 155 Å². The van der Waals surface area contributed by atoms with Gasteiger partial charge >= 0.3 is 5.97 Å². The van der Waals surface area contributed by atoms with Gasteiger partial charge in [-0.25, -0.2) is 0 Å². The Bertz CT molecular complexity index is 1280. The molecule has 8 fully saturated rings. The molecule has 10 unspecified atom stereocenters. The Morgan fingerprint density at radius 2 is 1.75 bits per heavy atom. The van der Waals surface area contributed by atoms with E-state index in [0.717, 1.165) is 52.0 Å². The first-order valence-corrected chi connectivity index (χ1v) is 19.4. The second-order valence-corrected chi connectivity index (χ2v) is 19.5. The number of nitrogens with zero attached hydrogens (tertiary/aromatic N) is 1. The Morgan fingerprint density at radius 1 is 1.04 bits per heavy atom. The highest BCUT2D eigenvalue weighted by atomic mass is 16.7. The van der Waals surface area contributed by atoms with Crippen molar-refractivity contribution in [3.05, 3.63) is 0 Å². The largest absolute Gasteiger partial charge is 0.457 e. The quantitative estimate of drug-likeness (QED) is 0.351. The molecule has 2 spiro atoms. The van der Waals surface area contributed by atoms with Crippen LogP contribution >= 0.6 is 0 Å². The van der Waals surface area contributed by atoms with Crippen LogP contribution in [0.15, 0.2) is 0 Å². The summed E-state index contributed by atoms with van der Waals surface area (Å²) in [5, 5.41) is 27.0. The third-order valence-electron chi connectivity index (χ3n) is 16.8. The number of fused-ring (bicyclic) bond motifs is 4. The molecule has 272 valence electrons. The number of aliphatic hydroxyl groups is 2. The zero-order valence-electron chi connectivity index (χ0n) is 30.9. The van der Waals surface area contributed by atoms with Crippen molar-refractivity contribution in [3.8, 4) is 0 Å². The second kappa shape index (κ2) is 11.1. The Kier molecular flexibility index (Phi) is 7.93. The van der Waals surface area contributed by atoms with Crippen LogP contribution in [0.4, 0.5) is 0 Å². The smallest absolute Gasteiger partial charge is 0.303 e. The van der Waals surface area contributed by atoms with Gasteiger partial charge in [0.1, 0.15) is 0 Å². The molecular formula is C39H64N2O7. The van der Waals surface area contributed by atoms with Crippen molar-refractivity contribution in [3.63, 3.8) is 0 Å². The fourth-order valence-electron chi connectivity index (χ4n) is 14.4. The van der Waals surface area contributed by atoms with Crippen LogP contribution in [-0.4, -0.2) is 102 Å². The van der Waals surface area contributed by atoms with Gasteiger partial charge in [-0.2, -0.15) is 0 Å². The lowest BCUT2D eigenvalue weighted by Crippen LogP contribution is -2.62. The van der Waals surface area contributed by atoms with Gasteiger partial charge in [0.25, 0.3) is 0 Å². The Labute approximate surface area is 288 Å². The molecule has 3 heterocycles. The molecule has 0 aromatic carbocycles. The lowest BCUT2D eigenvalue weighted by atomic mass is 9.41. The molecule has 0 radical (unpaired) electrons. The van der Waals surface area contributed by atoms with Crippen LogP contribution in [-0.2, 0) is 23.7 Å². The number of aliphatic hydroxyl groups excluding tert-OH is 1. The lowest BCUT2D eigenvalue weighted by Gasteiger charge is -2.64. The van der Waals surface area contributed by atoms with Gasteiger partial charge in [0.15, 0.2) is 12.4 Å². The number of morpholine rings is 1. The summed E-state index contributed by atoms with van der Waals surface area (Å²) in [7, 11) is 0. The molecule has 8 rings (SSSR count). The SMILES string of the molecule is CC(=O)OC(C1C[C@@H](C)C2C(O1)[C@H](O)[C@@]1(C)C3CC[C@H]4C(C)(C)C(OC5CN(C6CNC6)CCO5)CCC45CC35CCC21C)C(C)(C)O. The van der Waals surface area contributed by atoms with E-state index >= 15 is 0 Å². The fraction of sp³-hybridized carbons (Fsp3) is 0.974. The molecule has 9 nitrogen and oxygen atoms in total. The van der Waals surface area contributed by atoms with Crippen molar-refractivity contribution in [2.24, 2.45) is 50.7 Å². The molecule has 3 N–H and O–H groups in total. The molecule has 9 heteroatoms. The third-order valence-corrected chi connectivity index (χ3v) is 16.8. The minimum Gasteiger partial charge on any atom is -0.457 e. The summed E-state index contributed by atoms with van der Waals surface area (Å²) in [6, 6.07) is 0.619. The fourth-order valence-corrected chi connectivity index (χ4v) is 14.4. The molecule has 5 aliphatic carbocycles. The van der Waals surface area contributed by atoms with Gasteiger partial charge in [0, 0.05) is 44.6 Å². The van der Waals surface area contributed by atoms with Crippen LogP contribution < -0.4 is 5.32 Å². The van der Waals surface area contributed by atoms with Crippen LogP contribution in [0.5, 0.6) is 0 Å². The van der Waals surface area contributed by atoms with Crippen molar-refractivity contribution >= 4 is 5.97 Å². The maximum Gasteiger partial charge on any atom is 0.303 e. The van der Waals surface area contributed by atoms with Crippen molar-refractivity contribution < 1.29 is 34.0 Å². The minimum atomic E-state index is -1.25. The van der Waals surface area contributed by atoms with E-state index in [1.807, 2.05) is 0 Å². The molecule has 48 heavy (non-hydrogen) atoms. The summed E-state index contributed by atoms with van der Waals surface area (Å²) in [6.45, 7) is 21.7. The summed E-state index contributed by atoms with van der Waals surface area (Å²) in [6.07, 6.45) is 6.87. The van der Waals surface area contributed by atoms with Crippen molar-refractivity contribution in [1.29, 1.82) is 0 Å². The van der Waals surface area contributed by atoms with E-state index in [2.05, 4.69) is 44.8 Å². The molecule has 0 bridgehead atoms. The number of hydrogen-bond donors (Lipinski definition) is 3. The predicted molar refractivity (Wildman–Crippen MR) is 181 cm³/mol. The highest BCUT2D eigenvalue weighted by Gasteiger charge is 2.84. The monoisotopic (exact) mass is 672 g/mol. The Hall–Kier alpha value is -0.810. The third kappa shape index (κ3) is 4.55. The highest BCUT2D eigenvalue weighted by Crippen LogP contribution is 2.89.